The molecule has 1 aliphatic rings. The van der Waals surface area contributed by atoms with E-state index in [-0.39, 0.29) is 0 Å². The molecule has 1 unspecified atom stereocenters. The van der Waals surface area contributed by atoms with Crippen molar-refractivity contribution in [2.24, 2.45) is 0 Å². The summed E-state index contributed by atoms with van der Waals surface area (Å²) in [5.74, 6) is 0.580. The minimum atomic E-state index is -0.776. The van der Waals surface area contributed by atoms with Gasteiger partial charge in [-0.2, -0.15) is 0 Å². The molecule has 1 aliphatic heterocycles. The van der Waals surface area contributed by atoms with E-state index in [0.717, 1.165) is 5.88 Å². The predicted octanol–water partition coefficient (Wildman–Crippen LogP) is 0.680. The van der Waals surface area contributed by atoms with Crippen molar-refractivity contribution in [3.8, 4) is 0 Å². The molecular weight excluding hydrogens is 162 g/mol. The van der Waals surface area contributed by atoms with Gasteiger partial charge in [0.1, 0.15) is 5.54 Å². The summed E-state index contributed by atoms with van der Waals surface area (Å²) in [5.41, 5.74) is -0.744. The van der Waals surface area contributed by atoms with E-state index in [1.165, 1.54) is 0 Å². The molecule has 1 fully saturated rings. The molecule has 11 heavy (non-hydrogen) atoms. The van der Waals surface area contributed by atoms with Crippen LogP contribution in [-0.4, -0.2) is 28.2 Å². The predicted molar refractivity (Wildman–Crippen MR) is 45.6 cm³/mol. The van der Waals surface area contributed by atoms with Crippen molar-refractivity contribution in [1.29, 1.82) is 0 Å². The smallest absolute Gasteiger partial charge is 0.325 e. The lowest BCUT2D eigenvalue weighted by molar-refractivity contribution is -0.143. The number of carboxylic acid groups (broad SMARTS) is 1. The van der Waals surface area contributed by atoms with Gasteiger partial charge in [-0.3, -0.25) is 10.1 Å². The summed E-state index contributed by atoms with van der Waals surface area (Å²) in [4.78, 5) is 10.8. The van der Waals surface area contributed by atoms with Crippen molar-refractivity contribution in [3.05, 3.63) is 12.7 Å². The molecule has 0 aromatic carbocycles. The molecule has 0 aromatic rings. The molecule has 1 atom stereocenters. The van der Waals surface area contributed by atoms with Gasteiger partial charge in [-0.25, -0.2) is 0 Å². The van der Waals surface area contributed by atoms with E-state index < -0.39 is 11.5 Å². The third-order valence-electron chi connectivity index (χ3n) is 1.76. The first-order chi connectivity index (χ1) is 5.21. The van der Waals surface area contributed by atoms with Crippen molar-refractivity contribution in [2.75, 3.05) is 11.6 Å². The lowest BCUT2D eigenvalue weighted by Crippen LogP contribution is -2.49. The van der Waals surface area contributed by atoms with E-state index in [0.29, 0.717) is 12.2 Å². The van der Waals surface area contributed by atoms with Crippen LogP contribution < -0.4 is 5.32 Å². The zero-order chi connectivity index (χ0) is 8.32. The molecule has 2 N–H and O–H groups in total. The van der Waals surface area contributed by atoms with Crippen molar-refractivity contribution in [1.82, 2.24) is 5.32 Å². The molecule has 0 aliphatic carbocycles. The maximum Gasteiger partial charge on any atom is 0.325 e. The highest BCUT2D eigenvalue weighted by atomic mass is 32.2. The number of carboxylic acids is 1. The average Bonchev–Trinajstić information content (AvgIpc) is 2.38. The summed E-state index contributed by atoms with van der Waals surface area (Å²) in [6.07, 6.45) is 2.14. The highest BCUT2D eigenvalue weighted by Crippen LogP contribution is 2.24. The summed E-state index contributed by atoms with van der Waals surface area (Å²) in [7, 11) is 0. The number of hydrogen-bond donors (Lipinski definition) is 2. The van der Waals surface area contributed by atoms with E-state index >= 15 is 0 Å². The summed E-state index contributed by atoms with van der Waals surface area (Å²) in [6.45, 7) is 3.54. The van der Waals surface area contributed by atoms with Crippen molar-refractivity contribution in [2.45, 2.75) is 12.0 Å². The van der Waals surface area contributed by atoms with Gasteiger partial charge in [-0.1, -0.05) is 6.08 Å². The molecule has 1 rings (SSSR count). The van der Waals surface area contributed by atoms with Crippen LogP contribution in [0.4, 0.5) is 0 Å². The highest BCUT2D eigenvalue weighted by Gasteiger charge is 2.40. The molecule has 0 saturated carbocycles. The molecule has 0 bridgehead atoms. The third kappa shape index (κ3) is 1.57. The monoisotopic (exact) mass is 173 g/mol. The Bertz CT molecular complexity index is 175. The Labute approximate surface area is 69.9 Å². The van der Waals surface area contributed by atoms with Crippen LogP contribution in [0.2, 0.25) is 0 Å². The molecule has 0 spiro atoms. The molecule has 1 saturated heterocycles. The normalized spacial score (nSPS) is 30.2. The Hall–Kier alpha value is -0.480. The lowest BCUT2D eigenvalue weighted by atomic mass is 9.98. The molecule has 0 aromatic heterocycles. The largest absolute Gasteiger partial charge is 0.480 e. The maximum atomic E-state index is 10.8. The van der Waals surface area contributed by atoms with Gasteiger partial charge in [-0.15, -0.1) is 18.3 Å². The first kappa shape index (κ1) is 8.62. The number of rotatable bonds is 3. The first-order valence-electron chi connectivity index (χ1n) is 3.38. The molecule has 3 nitrogen and oxygen atoms in total. The van der Waals surface area contributed by atoms with Gasteiger partial charge in [0.25, 0.3) is 0 Å². The fourth-order valence-electron chi connectivity index (χ4n) is 1.07. The van der Waals surface area contributed by atoms with E-state index in [2.05, 4.69) is 11.9 Å². The van der Waals surface area contributed by atoms with Crippen LogP contribution in [0.3, 0.4) is 0 Å². The summed E-state index contributed by atoms with van der Waals surface area (Å²) < 4.78 is 0. The highest BCUT2D eigenvalue weighted by molar-refractivity contribution is 7.99. The standard InChI is InChI=1S/C7H11NO2S/c1-2-3-7(6(9)10)4-11-5-8-7/h2,8H,1,3-5H2,(H,9,10). The van der Waals surface area contributed by atoms with Gasteiger partial charge in [-0.05, 0) is 6.42 Å². The Morgan fingerprint density at radius 2 is 2.64 bits per heavy atom. The number of aliphatic carboxylic acids is 1. The minimum absolute atomic E-state index is 0.495. The van der Waals surface area contributed by atoms with Crippen LogP contribution in [0.5, 0.6) is 0 Å². The van der Waals surface area contributed by atoms with Gasteiger partial charge in [0.2, 0.25) is 0 Å². The number of thioether (sulfide) groups is 1. The first-order valence-corrected chi connectivity index (χ1v) is 4.54. The van der Waals surface area contributed by atoms with Crippen LogP contribution in [0.1, 0.15) is 6.42 Å². The fourth-order valence-corrected chi connectivity index (χ4v) is 2.24. The second-order valence-electron chi connectivity index (χ2n) is 2.55. The van der Waals surface area contributed by atoms with Crippen LogP contribution in [0, 0.1) is 0 Å². The quantitative estimate of drug-likeness (QED) is 0.616. The van der Waals surface area contributed by atoms with Crippen molar-refractivity contribution >= 4 is 17.7 Å². The zero-order valence-electron chi connectivity index (χ0n) is 6.17. The van der Waals surface area contributed by atoms with Crippen molar-refractivity contribution < 1.29 is 9.90 Å². The van der Waals surface area contributed by atoms with Gasteiger partial charge in [0, 0.05) is 11.6 Å². The third-order valence-corrected chi connectivity index (χ3v) is 2.81. The van der Waals surface area contributed by atoms with E-state index in [9.17, 15) is 4.79 Å². The Balaban J connectivity index is 2.69. The second kappa shape index (κ2) is 3.28. The average molecular weight is 173 g/mol. The summed E-state index contributed by atoms with van der Waals surface area (Å²) in [5, 5.41) is 11.8. The fraction of sp³-hybridized carbons (Fsp3) is 0.571. The SMILES string of the molecule is C=CCC1(C(=O)O)CSCN1. The van der Waals surface area contributed by atoms with Crippen LogP contribution in [-0.2, 0) is 4.79 Å². The molecular formula is C7H11NO2S. The lowest BCUT2D eigenvalue weighted by Gasteiger charge is -2.21. The summed E-state index contributed by atoms with van der Waals surface area (Å²) >= 11 is 1.61. The maximum absolute atomic E-state index is 10.8. The molecule has 0 radical (unpaired) electrons. The zero-order valence-corrected chi connectivity index (χ0v) is 6.99. The Morgan fingerprint density at radius 3 is 3.00 bits per heavy atom. The number of nitrogens with one attached hydrogen (secondary N) is 1. The van der Waals surface area contributed by atoms with Gasteiger partial charge < -0.3 is 5.11 Å². The molecule has 4 heteroatoms. The minimum Gasteiger partial charge on any atom is -0.480 e. The van der Waals surface area contributed by atoms with Crippen LogP contribution >= 0.6 is 11.8 Å². The number of carbonyl (C=O) groups is 1. The Kier molecular flexibility index (Phi) is 2.57. The molecule has 1 heterocycles. The molecule has 62 valence electrons. The topological polar surface area (TPSA) is 49.3 Å². The van der Waals surface area contributed by atoms with E-state index in [4.69, 9.17) is 5.11 Å². The van der Waals surface area contributed by atoms with Gasteiger partial charge in [0.15, 0.2) is 0 Å². The second-order valence-corrected chi connectivity index (χ2v) is 3.54. The van der Waals surface area contributed by atoms with E-state index in [1.54, 1.807) is 17.8 Å². The van der Waals surface area contributed by atoms with E-state index in [1.807, 2.05) is 0 Å². The van der Waals surface area contributed by atoms with Crippen LogP contribution in [0.15, 0.2) is 12.7 Å². The van der Waals surface area contributed by atoms with Gasteiger partial charge in [0.05, 0.1) is 0 Å². The van der Waals surface area contributed by atoms with Crippen molar-refractivity contribution in [3.63, 3.8) is 0 Å². The number of hydrogen-bond acceptors (Lipinski definition) is 3. The summed E-state index contributed by atoms with van der Waals surface area (Å²) in [6, 6.07) is 0. The van der Waals surface area contributed by atoms with Crippen LogP contribution in [0.25, 0.3) is 0 Å². The Morgan fingerprint density at radius 1 is 1.91 bits per heavy atom. The van der Waals surface area contributed by atoms with Gasteiger partial charge >= 0.3 is 5.97 Å². The molecule has 0 amide bonds.